The standard InChI is InChI=1S/C14H16BrN3O2S/c1-8(2)13-16-17-14(21-7-12(19)20)18(13)11-6-4-5-10(15)9(11)3/h4-6,8H,7H2,1-3H3,(H,19,20). The fraction of sp³-hybridized carbons (Fsp3) is 0.357. The molecule has 0 atom stereocenters. The Kier molecular flexibility index (Phi) is 5.05. The molecule has 0 aliphatic heterocycles. The Morgan fingerprint density at radius 1 is 1.43 bits per heavy atom. The van der Waals surface area contributed by atoms with Gasteiger partial charge in [0.15, 0.2) is 5.16 Å². The maximum atomic E-state index is 10.8. The molecule has 2 rings (SSSR count). The van der Waals surface area contributed by atoms with E-state index in [0.717, 1.165) is 21.5 Å². The molecule has 0 unspecified atom stereocenters. The van der Waals surface area contributed by atoms with E-state index in [2.05, 4.69) is 26.1 Å². The first-order chi connectivity index (χ1) is 9.91. The molecule has 0 bridgehead atoms. The summed E-state index contributed by atoms with van der Waals surface area (Å²) in [7, 11) is 0. The Morgan fingerprint density at radius 3 is 2.76 bits per heavy atom. The molecule has 0 saturated heterocycles. The number of halogens is 1. The molecular formula is C14H16BrN3O2S. The number of hydrogen-bond acceptors (Lipinski definition) is 4. The van der Waals surface area contributed by atoms with Crippen LogP contribution in [-0.4, -0.2) is 31.6 Å². The predicted octanol–water partition coefficient (Wildman–Crippen LogP) is 3.64. The first-order valence-electron chi connectivity index (χ1n) is 6.47. The number of carboxylic acids is 1. The van der Waals surface area contributed by atoms with Crippen LogP contribution in [0.2, 0.25) is 0 Å². The van der Waals surface area contributed by atoms with Crippen molar-refractivity contribution in [3.05, 3.63) is 34.1 Å². The summed E-state index contributed by atoms with van der Waals surface area (Å²) in [5.41, 5.74) is 2.03. The minimum absolute atomic E-state index is 0.0384. The Hall–Kier alpha value is -1.34. The van der Waals surface area contributed by atoms with Crippen LogP contribution in [0.3, 0.4) is 0 Å². The second kappa shape index (κ2) is 6.62. The quantitative estimate of drug-likeness (QED) is 0.814. The van der Waals surface area contributed by atoms with Crippen molar-refractivity contribution in [3.63, 3.8) is 0 Å². The van der Waals surface area contributed by atoms with Crippen molar-refractivity contribution >= 4 is 33.7 Å². The summed E-state index contributed by atoms with van der Waals surface area (Å²) in [6, 6.07) is 5.91. The van der Waals surface area contributed by atoms with Gasteiger partial charge in [-0.25, -0.2) is 0 Å². The first kappa shape index (κ1) is 16.0. The van der Waals surface area contributed by atoms with Crippen LogP contribution in [0.5, 0.6) is 0 Å². The second-order valence-electron chi connectivity index (χ2n) is 4.90. The summed E-state index contributed by atoms with van der Waals surface area (Å²) in [5, 5.41) is 17.8. The Labute approximate surface area is 135 Å². The van der Waals surface area contributed by atoms with E-state index in [1.807, 2.05) is 43.5 Å². The highest BCUT2D eigenvalue weighted by atomic mass is 79.9. The molecule has 112 valence electrons. The van der Waals surface area contributed by atoms with Gasteiger partial charge in [0.1, 0.15) is 5.82 Å². The molecule has 0 saturated carbocycles. The SMILES string of the molecule is Cc1c(Br)cccc1-n1c(SCC(=O)O)nnc1C(C)C. The summed E-state index contributed by atoms with van der Waals surface area (Å²) in [6.07, 6.45) is 0. The lowest BCUT2D eigenvalue weighted by molar-refractivity contribution is -0.133. The Morgan fingerprint density at radius 2 is 2.14 bits per heavy atom. The smallest absolute Gasteiger partial charge is 0.313 e. The van der Waals surface area contributed by atoms with Gasteiger partial charge in [0.2, 0.25) is 0 Å². The molecule has 1 N–H and O–H groups in total. The number of carbonyl (C=O) groups is 1. The molecule has 21 heavy (non-hydrogen) atoms. The maximum absolute atomic E-state index is 10.8. The van der Waals surface area contributed by atoms with Gasteiger partial charge in [-0.2, -0.15) is 0 Å². The fourth-order valence-corrected chi connectivity index (χ4v) is 2.97. The fourth-order valence-electron chi connectivity index (χ4n) is 1.94. The lowest BCUT2D eigenvalue weighted by atomic mass is 10.1. The molecule has 1 heterocycles. The molecule has 0 spiro atoms. The van der Waals surface area contributed by atoms with Gasteiger partial charge in [-0.05, 0) is 24.6 Å². The minimum Gasteiger partial charge on any atom is -0.481 e. The van der Waals surface area contributed by atoms with Crippen LogP contribution in [0, 0.1) is 6.92 Å². The van der Waals surface area contributed by atoms with Crippen LogP contribution < -0.4 is 0 Å². The summed E-state index contributed by atoms with van der Waals surface area (Å²) in [4.78, 5) is 10.8. The van der Waals surface area contributed by atoms with E-state index in [1.165, 1.54) is 11.8 Å². The normalized spacial score (nSPS) is 11.1. The number of aromatic nitrogens is 3. The number of carboxylic acid groups (broad SMARTS) is 1. The highest BCUT2D eigenvalue weighted by molar-refractivity contribution is 9.10. The van der Waals surface area contributed by atoms with Crippen LogP contribution in [0.25, 0.3) is 5.69 Å². The highest BCUT2D eigenvalue weighted by Gasteiger charge is 2.19. The van der Waals surface area contributed by atoms with Crippen LogP contribution in [0.4, 0.5) is 0 Å². The zero-order valence-electron chi connectivity index (χ0n) is 12.0. The minimum atomic E-state index is -0.869. The molecule has 0 fully saturated rings. The Bertz CT molecular complexity index is 670. The van der Waals surface area contributed by atoms with Gasteiger partial charge in [-0.3, -0.25) is 9.36 Å². The van der Waals surface area contributed by atoms with E-state index in [0.29, 0.717) is 5.16 Å². The maximum Gasteiger partial charge on any atom is 0.313 e. The molecule has 0 aliphatic rings. The van der Waals surface area contributed by atoms with Crippen molar-refractivity contribution in [2.45, 2.75) is 31.8 Å². The van der Waals surface area contributed by atoms with Crippen LogP contribution in [0.1, 0.15) is 31.2 Å². The molecular weight excluding hydrogens is 354 g/mol. The van der Waals surface area contributed by atoms with Crippen molar-refractivity contribution in [1.82, 2.24) is 14.8 Å². The summed E-state index contributed by atoms with van der Waals surface area (Å²) in [5.74, 6) is 0.106. The van der Waals surface area contributed by atoms with E-state index in [1.54, 1.807) is 0 Å². The van der Waals surface area contributed by atoms with Crippen molar-refractivity contribution in [1.29, 1.82) is 0 Å². The third kappa shape index (κ3) is 3.47. The molecule has 7 heteroatoms. The summed E-state index contributed by atoms with van der Waals surface area (Å²) < 4.78 is 2.94. The number of aliphatic carboxylic acids is 1. The van der Waals surface area contributed by atoms with Gasteiger partial charge in [0.05, 0.1) is 11.4 Å². The third-order valence-corrected chi connectivity index (χ3v) is 4.75. The van der Waals surface area contributed by atoms with E-state index >= 15 is 0 Å². The van der Waals surface area contributed by atoms with Crippen molar-refractivity contribution in [2.75, 3.05) is 5.75 Å². The lowest BCUT2D eigenvalue weighted by Gasteiger charge is -2.15. The van der Waals surface area contributed by atoms with Crippen molar-refractivity contribution < 1.29 is 9.90 Å². The van der Waals surface area contributed by atoms with Gasteiger partial charge in [-0.15, -0.1) is 10.2 Å². The van der Waals surface area contributed by atoms with E-state index in [4.69, 9.17) is 5.11 Å². The van der Waals surface area contributed by atoms with E-state index in [9.17, 15) is 4.79 Å². The largest absolute Gasteiger partial charge is 0.481 e. The molecule has 0 aliphatic carbocycles. The van der Waals surface area contributed by atoms with E-state index < -0.39 is 5.97 Å². The zero-order valence-corrected chi connectivity index (χ0v) is 14.4. The van der Waals surface area contributed by atoms with Gasteiger partial charge in [-0.1, -0.05) is 47.6 Å². The molecule has 5 nitrogen and oxygen atoms in total. The lowest BCUT2D eigenvalue weighted by Crippen LogP contribution is -2.07. The van der Waals surface area contributed by atoms with Gasteiger partial charge < -0.3 is 5.11 Å². The van der Waals surface area contributed by atoms with Crippen molar-refractivity contribution in [3.8, 4) is 5.69 Å². The number of thioether (sulfide) groups is 1. The second-order valence-corrected chi connectivity index (χ2v) is 6.69. The monoisotopic (exact) mass is 369 g/mol. The van der Waals surface area contributed by atoms with Crippen LogP contribution in [0.15, 0.2) is 27.8 Å². The van der Waals surface area contributed by atoms with Gasteiger partial charge in [0, 0.05) is 10.4 Å². The Balaban J connectivity index is 2.55. The van der Waals surface area contributed by atoms with Gasteiger partial charge in [0.25, 0.3) is 0 Å². The number of rotatable bonds is 5. The average Bonchev–Trinajstić information content (AvgIpc) is 2.83. The average molecular weight is 370 g/mol. The molecule has 2 aromatic rings. The van der Waals surface area contributed by atoms with E-state index in [-0.39, 0.29) is 11.7 Å². The zero-order chi connectivity index (χ0) is 15.6. The van der Waals surface area contributed by atoms with Crippen molar-refractivity contribution in [2.24, 2.45) is 0 Å². The molecule has 0 radical (unpaired) electrons. The number of nitrogens with zero attached hydrogens (tertiary/aromatic N) is 3. The summed E-state index contributed by atoms with van der Waals surface area (Å²) >= 11 is 4.70. The molecule has 0 amide bonds. The predicted molar refractivity (Wildman–Crippen MR) is 86.2 cm³/mol. The molecule has 1 aromatic heterocycles. The first-order valence-corrected chi connectivity index (χ1v) is 8.25. The summed E-state index contributed by atoms with van der Waals surface area (Å²) in [6.45, 7) is 6.09. The number of benzene rings is 1. The van der Waals surface area contributed by atoms with Gasteiger partial charge >= 0.3 is 5.97 Å². The number of hydrogen-bond donors (Lipinski definition) is 1. The van der Waals surface area contributed by atoms with Crippen LogP contribution in [-0.2, 0) is 4.79 Å². The van der Waals surface area contributed by atoms with Crippen LogP contribution >= 0.6 is 27.7 Å². The highest BCUT2D eigenvalue weighted by Crippen LogP contribution is 2.30. The third-order valence-electron chi connectivity index (χ3n) is 2.98. The molecule has 1 aromatic carbocycles. The topological polar surface area (TPSA) is 68.0 Å².